The molecule has 5 heteroatoms. The Morgan fingerprint density at radius 1 is 0.700 bits per heavy atom. The lowest BCUT2D eigenvalue weighted by atomic mass is 10.1. The SMILES string of the molecule is CCCCCCCCCCCCOCC[N+](CCO)(CCO)Cc1ccccc1.[Br-]. The minimum Gasteiger partial charge on any atom is -1.00 e. The smallest absolute Gasteiger partial charge is 0.105 e. The summed E-state index contributed by atoms with van der Waals surface area (Å²) in [6, 6.07) is 10.3. The van der Waals surface area contributed by atoms with E-state index >= 15 is 0 Å². The normalized spacial score (nSPS) is 11.4. The molecule has 0 amide bonds. The first-order valence-corrected chi connectivity index (χ1v) is 11.9. The minimum atomic E-state index is 0. The van der Waals surface area contributed by atoms with Crippen LogP contribution in [0.2, 0.25) is 0 Å². The van der Waals surface area contributed by atoms with Crippen LogP contribution in [0.3, 0.4) is 0 Å². The molecule has 0 atom stereocenters. The maximum atomic E-state index is 9.57. The van der Waals surface area contributed by atoms with Crippen molar-refractivity contribution in [2.24, 2.45) is 0 Å². The highest BCUT2D eigenvalue weighted by Crippen LogP contribution is 2.15. The molecule has 0 spiro atoms. The van der Waals surface area contributed by atoms with Crippen LogP contribution < -0.4 is 17.0 Å². The number of unbranched alkanes of at least 4 members (excludes halogenated alkanes) is 9. The summed E-state index contributed by atoms with van der Waals surface area (Å²) in [5.74, 6) is 0. The third kappa shape index (κ3) is 14.5. The van der Waals surface area contributed by atoms with E-state index in [2.05, 4.69) is 19.1 Å². The lowest BCUT2D eigenvalue weighted by molar-refractivity contribution is -0.941. The van der Waals surface area contributed by atoms with Gasteiger partial charge in [0.2, 0.25) is 0 Å². The predicted molar refractivity (Wildman–Crippen MR) is 122 cm³/mol. The molecule has 30 heavy (non-hydrogen) atoms. The van der Waals surface area contributed by atoms with E-state index in [1.807, 2.05) is 18.2 Å². The van der Waals surface area contributed by atoms with Crippen molar-refractivity contribution in [3.8, 4) is 0 Å². The van der Waals surface area contributed by atoms with Crippen LogP contribution in [0, 0.1) is 0 Å². The number of ether oxygens (including phenoxy) is 1. The average Bonchev–Trinajstić information content (AvgIpc) is 2.72. The molecule has 0 unspecified atom stereocenters. The van der Waals surface area contributed by atoms with Crippen LogP contribution in [0.4, 0.5) is 0 Å². The summed E-state index contributed by atoms with van der Waals surface area (Å²) in [5, 5.41) is 19.1. The molecule has 0 bridgehead atoms. The fourth-order valence-corrected chi connectivity index (χ4v) is 4.02. The van der Waals surface area contributed by atoms with Gasteiger partial charge in [-0.15, -0.1) is 0 Å². The lowest BCUT2D eigenvalue weighted by Crippen LogP contribution is -3.00. The standard InChI is InChI=1S/C25H46NO3.BrH/c1-2-3-4-5-6-7-8-9-10-14-22-29-23-19-26(17-20-27,18-21-28)24-25-15-12-11-13-16-25;/h11-13,15-16,27-28H,2-10,14,17-24H2,1H3;1H/q+1;/p-1. The zero-order chi connectivity index (χ0) is 21.0. The predicted octanol–water partition coefficient (Wildman–Crippen LogP) is 1.93. The number of hydrogen-bond donors (Lipinski definition) is 2. The molecule has 0 fully saturated rings. The molecule has 1 rings (SSSR count). The largest absolute Gasteiger partial charge is 1.00 e. The van der Waals surface area contributed by atoms with E-state index in [0.717, 1.165) is 26.1 Å². The van der Waals surface area contributed by atoms with Crippen LogP contribution in [-0.2, 0) is 11.3 Å². The number of aliphatic hydroxyl groups excluding tert-OH is 2. The molecule has 1 aromatic rings. The summed E-state index contributed by atoms with van der Waals surface area (Å²) < 4.78 is 6.59. The highest BCUT2D eigenvalue weighted by Gasteiger charge is 2.26. The zero-order valence-corrected chi connectivity index (χ0v) is 20.8. The van der Waals surface area contributed by atoms with Crippen LogP contribution in [0.25, 0.3) is 0 Å². The van der Waals surface area contributed by atoms with Gasteiger partial charge in [0.25, 0.3) is 0 Å². The van der Waals surface area contributed by atoms with Crippen molar-refractivity contribution < 1.29 is 36.4 Å². The van der Waals surface area contributed by atoms with E-state index in [1.165, 1.54) is 63.4 Å². The second-order valence-corrected chi connectivity index (χ2v) is 8.40. The van der Waals surface area contributed by atoms with Gasteiger partial charge in [0.1, 0.15) is 26.2 Å². The Hall–Kier alpha value is -0.460. The number of halogens is 1. The van der Waals surface area contributed by atoms with Gasteiger partial charge in [0.15, 0.2) is 0 Å². The lowest BCUT2D eigenvalue weighted by Gasteiger charge is -2.38. The molecule has 0 radical (unpaired) electrons. The van der Waals surface area contributed by atoms with Gasteiger partial charge in [0.05, 0.1) is 19.8 Å². The van der Waals surface area contributed by atoms with Crippen molar-refractivity contribution in [3.05, 3.63) is 35.9 Å². The Balaban J connectivity index is 0.00000841. The first kappa shape index (κ1) is 29.5. The van der Waals surface area contributed by atoms with Crippen molar-refractivity contribution in [2.75, 3.05) is 46.1 Å². The summed E-state index contributed by atoms with van der Waals surface area (Å²) in [6.45, 7) is 6.98. The molecule has 0 heterocycles. The maximum absolute atomic E-state index is 9.57. The number of benzene rings is 1. The van der Waals surface area contributed by atoms with Crippen molar-refractivity contribution in [3.63, 3.8) is 0 Å². The third-order valence-electron chi connectivity index (χ3n) is 5.86. The Bertz CT molecular complexity index is 467. The maximum Gasteiger partial charge on any atom is 0.105 e. The van der Waals surface area contributed by atoms with E-state index in [0.29, 0.717) is 24.2 Å². The molecule has 0 aromatic heterocycles. The molecule has 0 saturated carbocycles. The minimum absolute atomic E-state index is 0. The van der Waals surface area contributed by atoms with Crippen LogP contribution in [-0.4, -0.2) is 60.8 Å². The second kappa shape index (κ2) is 20.4. The summed E-state index contributed by atoms with van der Waals surface area (Å²) in [6.07, 6.45) is 13.4. The number of aliphatic hydroxyl groups is 2. The Morgan fingerprint density at radius 3 is 1.77 bits per heavy atom. The Morgan fingerprint density at radius 2 is 1.23 bits per heavy atom. The van der Waals surface area contributed by atoms with Gasteiger partial charge in [-0.25, -0.2) is 0 Å². The molecule has 0 aliphatic heterocycles. The van der Waals surface area contributed by atoms with Crippen molar-refractivity contribution >= 4 is 0 Å². The fraction of sp³-hybridized carbons (Fsp3) is 0.760. The van der Waals surface area contributed by atoms with Gasteiger partial charge < -0.3 is 36.4 Å². The zero-order valence-electron chi connectivity index (χ0n) is 19.2. The topological polar surface area (TPSA) is 49.7 Å². The fourth-order valence-electron chi connectivity index (χ4n) is 4.02. The van der Waals surface area contributed by atoms with Crippen LogP contribution in [0.5, 0.6) is 0 Å². The van der Waals surface area contributed by atoms with Crippen molar-refractivity contribution in [2.45, 2.75) is 77.7 Å². The molecule has 0 saturated heterocycles. The highest BCUT2D eigenvalue weighted by atomic mass is 79.9. The van der Waals surface area contributed by atoms with Crippen LogP contribution in [0.15, 0.2) is 30.3 Å². The van der Waals surface area contributed by atoms with Gasteiger partial charge in [-0.2, -0.15) is 0 Å². The molecule has 176 valence electrons. The van der Waals surface area contributed by atoms with Crippen molar-refractivity contribution in [1.29, 1.82) is 0 Å². The molecule has 1 aromatic carbocycles. The van der Waals surface area contributed by atoms with E-state index in [-0.39, 0.29) is 30.2 Å². The first-order valence-electron chi connectivity index (χ1n) is 11.9. The summed E-state index contributed by atoms with van der Waals surface area (Å²) in [5.41, 5.74) is 1.24. The quantitative estimate of drug-likeness (QED) is 0.218. The summed E-state index contributed by atoms with van der Waals surface area (Å²) in [7, 11) is 0. The van der Waals surface area contributed by atoms with Crippen LogP contribution >= 0.6 is 0 Å². The Kier molecular flexibility index (Phi) is 20.1. The van der Waals surface area contributed by atoms with E-state index in [1.54, 1.807) is 0 Å². The summed E-state index contributed by atoms with van der Waals surface area (Å²) in [4.78, 5) is 0. The third-order valence-corrected chi connectivity index (χ3v) is 5.86. The second-order valence-electron chi connectivity index (χ2n) is 8.40. The summed E-state index contributed by atoms with van der Waals surface area (Å²) >= 11 is 0. The molecule has 0 aliphatic carbocycles. The average molecular weight is 489 g/mol. The monoisotopic (exact) mass is 487 g/mol. The Labute approximate surface area is 196 Å². The van der Waals surface area contributed by atoms with Gasteiger partial charge in [0, 0.05) is 12.2 Å². The first-order chi connectivity index (χ1) is 14.3. The van der Waals surface area contributed by atoms with Gasteiger partial charge in [-0.3, -0.25) is 0 Å². The number of quaternary nitrogens is 1. The molecule has 2 N–H and O–H groups in total. The van der Waals surface area contributed by atoms with E-state index in [9.17, 15) is 10.2 Å². The van der Waals surface area contributed by atoms with E-state index < -0.39 is 0 Å². The number of nitrogens with zero attached hydrogens (tertiary/aromatic N) is 1. The highest BCUT2D eigenvalue weighted by molar-refractivity contribution is 5.13. The van der Waals surface area contributed by atoms with E-state index in [4.69, 9.17) is 4.74 Å². The number of rotatable bonds is 20. The van der Waals surface area contributed by atoms with Gasteiger partial charge in [-0.1, -0.05) is 95.0 Å². The molecule has 0 aliphatic rings. The van der Waals surface area contributed by atoms with Gasteiger partial charge >= 0.3 is 0 Å². The molecular weight excluding hydrogens is 442 g/mol. The number of hydrogen-bond acceptors (Lipinski definition) is 3. The molecular formula is C25H46BrNO3. The van der Waals surface area contributed by atoms with Crippen LogP contribution in [0.1, 0.15) is 76.7 Å². The van der Waals surface area contributed by atoms with Crippen molar-refractivity contribution in [1.82, 2.24) is 0 Å². The van der Waals surface area contributed by atoms with Gasteiger partial charge in [-0.05, 0) is 6.42 Å². The molecule has 4 nitrogen and oxygen atoms in total.